The van der Waals surface area contributed by atoms with Gasteiger partial charge in [-0.25, -0.2) is 4.98 Å². The lowest BCUT2D eigenvalue weighted by Crippen LogP contribution is -2.13. The Labute approximate surface area is 197 Å². The molecule has 6 nitrogen and oxygen atoms in total. The second-order valence-corrected chi connectivity index (χ2v) is 8.39. The van der Waals surface area contributed by atoms with E-state index in [0.29, 0.717) is 40.1 Å². The number of anilines is 2. The fraction of sp³-hybridized carbons (Fsp3) is 0.167. The van der Waals surface area contributed by atoms with Gasteiger partial charge in [0, 0.05) is 22.3 Å². The van der Waals surface area contributed by atoms with Gasteiger partial charge in [-0.1, -0.05) is 24.3 Å². The Kier molecular flexibility index (Phi) is 6.34. The third kappa shape index (κ3) is 4.76. The molecular formula is C24H21F3N4O2S. The fourth-order valence-electron chi connectivity index (χ4n) is 3.66. The normalized spacial score (nSPS) is 11.4. The Hall–Kier alpha value is -3.79. The minimum atomic E-state index is -4.44. The quantitative estimate of drug-likeness (QED) is 0.344. The van der Waals surface area contributed by atoms with Gasteiger partial charge >= 0.3 is 6.18 Å². The van der Waals surface area contributed by atoms with Crippen molar-refractivity contribution in [3.05, 3.63) is 82.4 Å². The number of aromatic nitrogens is 2. The Morgan fingerprint density at radius 2 is 1.94 bits per heavy atom. The van der Waals surface area contributed by atoms with Gasteiger partial charge in [-0.3, -0.25) is 4.79 Å². The van der Waals surface area contributed by atoms with Crippen molar-refractivity contribution in [1.82, 2.24) is 9.55 Å². The minimum absolute atomic E-state index is 0.272. The highest BCUT2D eigenvalue weighted by Crippen LogP contribution is 2.34. The van der Waals surface area contributed by atoms with Crippen LogP contribution in [0.2, 0.25) is 0 Å². The molecule has 2 aromatic carbocycles. The minimum Gasteiger partial charge on any atom is -0.496 e. The van der Waals surface area contributed by atoms with Gasteiger partial charge in [-0.15, -0.1) is 11.3 Å². The number of carbonyl (C=O) groups excluding carboxylic acids is 1. The van der Waals surface area contributed by atoms with Gasteiger partial charge < -0.3 is 20.4 Å². The number of hydrogen-bond acceptors (Lipinski definition) is 5. The van der Waals surface area contributed by atoms with Crippen molar-refractivity contribution in [3.8, 4) is 17.1 Å². The molecule has 0 atom stereocenters. The predicted molar refractivity (Wildman–Crippen MR) is 126 cm³/mol. The first kappa shape index (κ1) is 23.4. The molecule has 2 heterocycles. The summed E-state index contributed by atoms with van der Waals surface area (Å²) in [5.41, 5.74) is 8.27. The molecule has 0 saturated carbocycles. The molecule has 0 bridgehead atoms. The number of alkyl halides is 3. The van der Waals surface area contributed by atoms with Crippen LogP contribution >= 0.6 is 11.3 Å². The van der Waals surface area contributed by atoms with Crippen molar-refractivity contribution in [2.75, 3.05) is 12.4 Å². The standard InChI is InChI=1S/C24H21F3N4O2S/c1-14-18(22(28)32)11-20(31(14)12-15-6-3-4-9-21(15)33-2)19-13-34-23(30-19)29-17-8-5-7-16(10-17)24(25,26)27/h3-11,13H,12H2,1-2H3,(H2,28,32)(H,29,30). The highest BCUT2D eigenvalue weighted by atomic mass is 32.1. The van der Waals surface area contributed by atoms with Gasteiger partial charge in [0.2, 0.25) is 0 Å². The third-order valence-electron chi connectivity index (χ3n) is 5.36. The van der Waals surface area contributed by atoms with Gasteiger partial charge in [-0.2, -0.15) is 13.2 Å². The lowest BCUT2D eigenvalue weighted by atomic mass is 10.2. The average molecular weight is 487 g/mol. The molecule has 4 aromatic rings. The number of benzene rings is 2. The summed E-state index contributed by atoms with van der Waals surface area (Å²) in [5.74, 6) is 0.141. The molecule has 10 heteroatoms. The summed E-state index contributed by atoms with van der Waals surface area (Å²) in [5, 5.41) is 5.11. The molecule has 0 spiro atoms. The van der Waals surface area contributed by atoms with E-state index in [1.165, 1.54) is 23.5 Å². The Morgan fingerprint density at radius 3 is 2.65 bits per heavy atom. The summed E-state index contributed by atoms with van der Waals surface area (Å²) in [6, 6.07) is 14.1. The van der Waals surface area contributed by atoms with Gasteiger partial charge in [-0.05, 0) is 37.3 Å². The van der Waals surface area contributed by atoms with Crippen LogP contribution in [0.3, 0.4) is 0 Å². The molecule has 3 N–H and O–H groups in total. The second-order valence-electron chi connectivity index (χ2n) is 7.53. The number of carbonyl (C=O) groups is 1. The number of nitrogens with zero attached hydrogens (tertiary/aromatic N) is 2. The van der Waals surface area contributed by atoms with E-state index >= 15 is 0 Å². The number of hydrogen-bond donors (Lipinski definition) is 2. The molecule has 0 unspecified atom stereocenters. The van der Waals surface area contributed by atoms with Gasteiger partial charge in [0.05, 0.1) is 36.2 Å². The molecule has 2 aromatic heterocycles. The second kappa shape index (κ2) is 9.22. The summed E-state index contributed by atoms with van der Waals surface area (Å²) in [6.07, 6.45) is -4.44. The number of thiazole rings is 1. The molecule has 0 aliphatic rings. The van der Waals surface area contributed by atoms with Crippen LogP contribution in [0.4, 0.5) is 24.0 Å². The summed E-state index contributed by atoms with van der Waals surface area (Å²) in [4.78, 5) is 16.6. The maximum absolute atomic E-state index is 13.0. The molecule has 4 rings (SSSR count). The summed E-state index contributed by atoms with van der Waals surface area (Å²) < 4.78 is 46.4. The number of rotatable bonds is 7. The van der Waals surface area contributed by atoms with E-state index in [0.717, 1.165) is 17.7 Å². The van der Waals surface area contributed by atoms with Crippen molar-refractivity contribution in [2.24, 2.45) is 5.73 Å². The highest BCUT2D eigenvalue weighted by Gasteiger charge is 2.30. The molecule has 0 aliphatic heterocycles. The van der Waals surface area contributed by atoms with Crippen molar-refractivity contribution in [3.63, 3.8) is 0 Å². The molecule has 0 fully saturated rings. The zero-order chi connectivity index (χ0) is 24.5. The van der Waals surface area contributed by atoms with E-state index in [4.69, 9.17) is 10.5 Å². The molecule has 176 valence electrons. The van der Waals surface area contributed by atoms with E-state index in [-0.39, 0.29) is 5.69 Å². The molecule has 34 heavy (non-hydrogen) atoms. The smallest absolute Gasteiger partial charge is 0.416 e. The number of amides is 1. The van der Waals surface area contributed by atoms with Crippen molar-refractivity contribution in [2.45, 2.75) is 19.6 Å². The number of ether oxygens (including phenoxy) is 1. The molecule has 0 radical (unpaired) electrons. The number of primary amides is 1. The molecular weight excluding hydrogens is 465 g/mol. The topological polar surface area (TPSA) is 82.2 Å². The predicted octanol–water partition coefficient (Wildman–Crippen LogP) is 5.84. The van der Waals surface area contributed by atoms with Gasteiger partial charge in [0.25, 0.3) is 5.91 Å². The zero-order valence-corrected chi connectivity index (χ0v) is 19.1. The monoisotopic (exact) mass is 486 g/mol. The lowest BCUT2D eigenvalue weighted by molar-refractivity contribution is -0.137. The molecule has 0 aliphatic carbocycles. The highest BCUT2D eigenvalue weighted by molar-refractivity contribution is 7.14. The summed E-state index contributed by atoms with van der Waals surface area (Å²) in [6.45, 7) is 2.21. The van der Waals surface area contributed by atoms with Crippen LogP contribution in [0.25, 0.3) is 11.4 Å². The van der Waals surface area contributed by atoms with E-state index in [9.17, 15) is 18.0 Å². The summed E-state index contributed by atoms with van der Waals surface area (Å²) >= 11 is 1.24. The first-order chi connectivity index (χ1) is 16.2. The number of para-hydroxylation sites is 1. The van der Waals surface area contributed by atoms with Crippen molar-refractivity contribution >= 4 is 28.1 Å². The first-order valence-electron chi connectivity index (χ1n) is 10.2. The fourth-order valence-corrected chi connectivity index (χ4v) is 4.38. The average Bonchev–Trinajstić information content (AvgIpc) is 3.38. The van der Waals surface area contributed by atoms with Crippen molar-refractivity contribution < 1.29 is 22.7 Å². The Balaban J connectivity index is 1.69. The maximum Gasteiger partial charge on any atom is 0.416 e. The number of methoxy groups -OCH3 is 1. The van der Waals surface area contributed by atoms with Crippen LogP contribution < -0.4 is 15.8 Å². The van der Waals surface area contributed by atoms with Crippen LogP contribution in [0.15, 0.2) is 60.0 Å². The van der Waals surface area contributed by atoms with Gasteiger partial charge in [0.15, 0.2) is 5.13 Å². The summed E-state index contributed by atoms with van der Waals surface area (Å²) in [7, 11) is 1.59. The van der Waals surface area contributed by atoms with E-state index in [1.54, 1.807) is 25.5 Å². The van der Waals surface area contributed by atoms with E-state index in [2.05, 4.69) is 10.3 Å². The largest absolute Gasteiger partial charge is 0.496 e. The van der Waals surface area contributed by atoms with Crippen LogP contribution in [-0.4, -0.2) is 22.6 Å². The SMILES string of the molecule is COc1ccccc1Cn1c(-c2csc(Nc3cccc(C(F)(F)F)c3)n2)cc(C(N)=O)c1C. The first-order valence-corrected chi connectivity index (χ1v) is 11.1. The van der Waals surface area contributed by atoms with Crippen molar-refractivity contribution in [1.29, 1.82) is 0 Å². The zero-order valence-electron chi connectivity index (χ0n) is 18.3. The van der Waals surface area contributed by atoms with Crippen LogP contribution in [0.1, 0.15) is 27.2 Å². The van der Waals surface area contributed by atoms with E-state index in [1.807, 2.05) is 28.8 Å². The van der Waals surface area contributed by atoms with Gasteiger partial charge in [0.1, 0.15) is 5.75 Å². The van der Waals surface area contributed by atoms with Crippen LogP contribution in [-0.2, 0) is 12.7 Å². The Bertz CT molecular complexity index is 1340. The number of nitrogens with one attached hydrogen (secondary N) is 1. The maximum atomic E-state index is 13.0. The Morgan fingerprint density at radius 1 is 1.18 bits per heavy atom. The molecule has 0 saturated heterocycles. The number of halogens is 3. The molecule has 1 amide bonds. The van der Waals surface area contributed by atoms with E-state index < -0.39 is 17.6 Å². The number of nitrogens with two attached hydrogens (primary N) is 1. The lowest BCUT2D eigenvalue weighted by Gasteiger charge is -2.14. The van der Waals surface area contributed by atoms with Crippen LogP contribution in [0, 0.1) is 6.92 Å². The third-order valence-corrected chi connectivity index (χ3v) is 6.12. The van der Waals surface area contributed by atoms with Crippen LogP contribution in [0.5, 0.6) is 5.75 Å².